The molecule has 0 saturated heterocycles. The Morgan fingerprint density at radius 2 is 2.03 bits per heavy atom. The van der Waals surface area contributed by atoms with Crippen LogP contribution in [0.15, 0.2) is 65.3 Å². The molecule has 0 unspecified atom stereocenters. The largest absolute Gasteiger partial charge is 0.437 e. The highest BCUT2D eigenvalue weighted by atomic mass is 79.9. The Bertz CT molecular complexity index is 1220. The first kappa shape index (κ1) is 20.0. The van der Waals surface area contributed by atoms with Gasteiger partial charge in [-0.3, -0.25) is 4.79 Å². The van der Waals surface area contributed by atoms with Crippen molar-refractivity contribution in [2.24, 2.45) is 0 Å². The van der Waals surface area contributed by atoms with E-state index in [2.05, 4.69) is 35.8 Å². The summed E-state index contributed by atoms with van der Waals surface area (Å²) in [6, 6.07) is 15.2. The minimum Gasteiger partial charge on any atom is -0.437 e. The van der Waals surface area contributed by atoms with Crippen molar-refractivity contribution in [3.8, 4) is 11.6 Å². The number of aryl methyl sites for hydroxylation is 1. The monoisotopic (exact) mass is 468 g/mol. The van der Waals surface area contributed by atoms with Crippen molar-refractivity contribution in [3.63, 3.8) is 0 Å². The van der Waals surface area contributed by atoms with Crippen LogP contribution in [0.2, 0.25) is 0 Å². The second kappa shape index (κ2) is 8.62. The summed E-state index contributed by atoms with van der Waals surface area (Å²) in [5.74, 6) is 0.696. The minimum absolute atomic E-state index is 0.145. The average Bonchev–Trinajstić information content (AvgIpc) is 3.05. The molecule has 1 amide bonds. The Morgan fingerprint density at radius 3 is 2.87 bits per heavy atom. The number of amides is 1. The van der Waals surface area contributed by atoms with Gasteiger partial charge in [-0.2, -0.15) is 0 Å². The van der Waals surface area contributed by atoms with Crippen molar-refractivity contribution in [2.45, 2.75) is 13.5 Å². The van der Waals surface area contributed by atoms with E-state index in [1.54, 1.807) is 12.1 Å². The lowest BCUT2D eigenvalue weighted by Gasteiger charge is -2.12. The van der Waals surface area contributed by atoms with Crippen LogP contribution in [0.3, 0.4) is 0 Å². The molecule has 0 aliphatic rings. The normalized spacial score (nSPS) is 10.9. The Hall–Kier alpha value is -3.26. The summed E-state index contributed by atoms with van der Waals surface area (Å²) in [7, 11) is 0. The Morgan fingerprint density at radius 1 is 1.20 bits per heavy atom. The number of hydrogen-bond acceptors (Lipinski definition) is 4. The van der Waals surface area contributed by atoms with Crippen molar-refractivity contribution in [2.75, 3.05) is 6.54 Å². The summed E-state index contributed by atoms with van der Waals surface area (Å²) in [6.07, 6.45) is 1.53. The van der Waals surface area contributed by atoms with Gasteiger partial charge in [-0.15, -0.1) is 0 Å². The number of benzene rings is 2. The third-order valence-electron chi connectivity index (χ3n) is 4.58. The third-order valence-corrected chi connectivity index (χ3v) is 5.20. The molecule has 0 saturated carbocycles. The number of hydrogen-bond donors (Lipinski definition) is 1. The highest BCUT2D eigenvalue weighted by Crippen LogP contribution is 2.30. The number of ether oxygens (including phenoxy) is 1. The van der Waals surface area contributed by atoms with Gasteiger partial charge in [0.2, 0.25) is 5.88 Å². The lowest BCUT2D eigenvalue weighted by molar-refractivity contribution is 0.0949. The highest BCUT2D eigenvalue weighted by molar-refractivity contribution is 9.10. The van der Waals surface area contributed by atoms with Crippen LogP contribution >= 0.6 is 15.9 Å². The number of carbonyl (C=O) groups excluding carboxylic acids is 1. The number of nitrogens with one attached hydrogen (secondary N) is 1. The number of rotatable bonds is 6. The van der Waals surface area contributed by atoms with Crippen molar-refractivity contribution in [1.82, 2.24) is 19.9 Å². The van der Waals surface area contributed by atoms with Gasteiger partial charge in [-0.1, -0.05) is 12.1 Å². The number of fused-ring (bicyclic) bond motifs is 1. The zero-order chi connectivity index (χ0) is 21.1. The number of pyridine rings is 1. The molecule has 0 atom stereocenters. The fourth-order valence-electron chi connectivity index (χ4n) is 3.16. The zero-order valence-corrected chi connectivity index (χ0v) is 17.7. The van der Waals surface area contributed by atoms with Gasteiger partial charge in [0, 0.05) is 19.3 Å². The Labute approximate surface area is 180 Å². The number of imidazole rings is 1. The molecule has 0 aliphatic heterocycles. The Balaban J connectivity index is 1.47. The molecule has 1 N–H and O–H groups in total. The van der Waals surface area contributed by atoms with E-state index in [9.17, 15) is 9.18 Å². The van der Waals surface area contributed by atoms with Crippen molar-refractivity contribution >= 4 is 32.9 Å². The van der Waals surface area contributed by atoms with E-state index >= 15 is 0 Å². The number of aromatic nitrogens is 3. The third kappa shape index (κ3) is 4.18. The lowest BCUT2D eigenvalue weighted by Crippen LogP contribution is -2.28. The van der Waals surface area contributed by atoms with E-state index in [1.165, 1.54) is 24.4 Å². The second-order valence-electron chi connectivity index (χ2n) is 6.59. The van der Waals surface area contributed by atoms with Gasteiger partial charge < -0.3 is 14.6 Å². The van der Waals surface area contributed by atoms with Crippen LogP contribution < -0.4 is 10.1 Å². The fraction of sp³-hybridized carbons (Fsp3) is 0.136. The molecule has 2 aromatic heterocycles. The summed E-state index contributed by atoms with van der Waals surface area (Å²) in [5, 5.41) is 2.90. The molecule has 30 heavy (non-hydrogen) atoms. The van der Waals surface area contributed by atoms with Gasteiger partial charge in [0.15, 0.2) is 0 Å². The van der Waals surface area contributed by atoms with Gasteiger partial charge in [0.25, 0.3) is 5.91 Å². The molecule has 4 aromatic rings. The van der Waals surface area contributed by atoms with Crippen molar-refractivity contribution in [1.29, 1.82) is 0 Å². The molecular formula is C22H18BrFN4O2. The summed E-state index contributed by atoms with van der Waals surface area (Å²) in [5.41, 5.74) is 2.24. The molecule has 8 heteroatoms. The quantitative estimate of drug-likeness (QED) is 0.438. The minimum atomic E-state index is -0.393. The Kier molecular flexibility index (Phi) is 5.76. The standard InChI is InChI=1S/C22H18BrFN4O2/c1-14-27-18-6-2-3-7-19(18)28(14)12-11-25-21(29)16-5-4-10-26-22(16)30-20-9-8-15(24)13-17(20)23/h2-10,13H,11-12H2,1H3,(H,25,29). The first-order valence-electron chi connectivity index (χ1n) is 9.31. The SMILES string of the molecule is Cc1nc2ccccc2n1CCNC(=O)c1cccnc1Oc1ccc(F)cc1Br. The number of para-hydroxylation sites is 2. The molecule has 152 valence electrons. The molecule has 0 fully saturated rings. The van der Waals surface area contributed by atoms with E-state index in [0.29, 0.717) is 28.9 Å². The predicted molar refractivity (Wildman–Crippen MR) is 115 cm³/mol. The molecular weight excluding hydrogens is 451 g/mol. The smallest absolute Gasteiger partial charge is 0.256 e. The molecule has 2 aromatic carbocycles. The molecule has 0 radical (unpaired) electrons. The number of halogens is 2. The van der Waals surface area contributed by atoms with Crippen LogP contribution in [0.25, 0.3) is 11.0 Å². The van der Waals surface area contributed by atoms with Crippen LogP contribution in [-0.4, -0.2) is 27.0 Å². The molecule has 0 aliphatic carbocycles. The van der Waals surface area contributed by atoms with Crippen molar-refractivity contribution in [3.05, 3.63) is 82.5 Å². The predicted octanol–water partition coefficient (Wildman–Crippen LogP) is 4.86. The molecule has 4 rings (SSSR count). The first-order chi connectivity index (χ1) is 14.5. The summed E-state index contributed by atoms with van der Waals surface area (Å²) < 4.78 is 21.5. The van der Waals surface area contributed by atoms with Gasteiger partial charge >= 0.3 is 0 Å². The molecule has 2 heterocycles. The summed E-state index contributed by atoms with van der Waals surface area (Å²) in [4.78, 5) is 21.4. The van der Waals surface area contributed by atoms with Gasteiger partial charge in [0.05, 0.1) is 15.5 Å². The highest BCUT2D eigenvalue weighted by Gasteiger charge is 2.16. The molecule has 0 bridgehead atoms. The maximum Gasteiger partial charge on any atom is 0.256 e. The lowest BCUT2D eigenvalue weighted by atomic mass is 10.2. The van der Waals surface area contributed by atoms with Gasteiger partial charge in [-0.05, 0) is 65.3 Å². The van der Waals surface area contributed by atoms with Crippen molar-refractivity contribution < 1.29 is 13.9 Å². The topological polar surface area (TPSA) is 69.0 Å². The average molecular weight is 469 g/mol. The van der Waals surface area contributed by atoms with Gasteiger partial charge in [-0.25, -0.2) is 14.4 Å². The number of nitrogens with zero attached hydrogens (tertiary/aromatic N) is 3. The first-order valence-corrected chi connectivity index (χ1v) is 10.1. The van der Waals surface area contributed by atoms with Crippen LogP contribution in [-0.2, 0) is 6.54 Å². The maximum absolute atomic E-state index is 13.3. The van der Waals surface area contributed by atoms with E-state index in [1.807, 2.05) is 31.2 Å². The van der Waals surface area contributed by atoms with E-state index in [4.69, 9.17) is 4.74 Å². The second-order valence-corrected chi connectivity index (χ2v) is 7.44. The van der Waals surface area contributed by atoms with Crippen LogP contribution in [0.1, 0.15) is 16.2 Å². The zero-order valence-electron chi connectivity index (χ0n) is 16.1. The van der Waals surface area contributed by atoms with Crippen LogP contribution in [0.4, 0.5) is 4.39 Å². The van der Waals surface area contributed by atoms with Crippen LogP contribution in [0.5, 0.6) is 11.6 Å². The number of carbonyl (C=O) groups is 1. The molecule has 6 nitrogen and oxygen atoms in total. The fourth-order valence-corrected chi connectivity index (χ4v) is 3.59. The molecule has 0 spiro atoms. The maximum atomic E-state index is 13.3. The van der Waals surface area contributed by atoms with Gasteiger partial charge in [0.1, 0.15) is 23.0 Å². The summed E-state index contributed by atoms with van der Waals surface area (Å²) in [6.45, 7) is 2.93. The van der Waals surface area contributed by atoms with E-state index in [-0.39, 0.29) is 11.8 Å². The van der Waals surface area contributed by atoms with Crippen LogP contribution in [0, 0.1) is 12.7 Å². The van der Waals surface area contributed by atoms with E-state index in [0.717, 1.165) is 16.9 Å². The summed E-state index contributed by atoms with van der Waals surface area (Å²) >= 11 is 3.25. The van der Waals surface area contributed by atoms with E-state index < -0.39 is 5.82 Å².